The Morgan fingerprint density at radius 3 is 2.69 bits per heavy atom. The van der Waals surface area contributed by atoms with Gasteiger partial charge in [-0.25, -0.2) is 9.36 Å². The summed E-state index contributed by atoms with van der Waals surface area (Å²) in [6.07, 6.45) is 3.67. The highest BCUT2D eigenvalue weighted by Crippen LogP contribution is 2.41. The van der Waals surface area contributed by atoms with Crippen LogP contribution in [0, 0.1) is 0 Å². The molecule has 1 saturated carbocycles. The molecule has 0 bridgehead atoms. The van der Waals surface area contributed by atoms with Gasteiger partial charge in [-0.3, -0.25) is 9.59 Å². The van der Waals surface area contributed by atoms with Gasteiger partial charge in [0.05, 0.1) is 17.6 Å². The largest absolute Gasteiger partial charge is 0.350 e. The van der Waals surface area contributed by atoms with E-state index in [2.05, 4.69) is 15.5 Å². The second-order valence-corrected chi connectivity index (χ2v) is 8.63. The Morgan fingerprint density at radius 1 is 1.12 bits per heavy atom. The maximum Gasteiger partial charge on any atom is 0.293 e. The second-order valence-electron chi connectivity index (χ2n) is 7.79. The number of nitrogens with zero attached hydrogens (tertiary/aromatic N) is 4. The molecule has 5 rings (SSSR count). The quantitative estimate of drug-likeness (QED) is 0.463. The topological polar surface area (TPSA) is 81.8 Å². The number of fused-ring (bicyclic) bond motifs is 1. The van der Waals surface area contributed by atoms with Gasteiger partial charge in [-0.15, -0.1) is 0 Å². The average molecular weight is 468 g/mol. The van der Waals surface area contributed by atoms with Crippen molar-refractivity contribution in [3.63, 3.8) is 0 Å². The molecule has 1 amide bonds. The van der Waals surface area contributed by atoms with Crippen molar-refractivity contribution in [3.8, 4) is 5.69 Å². The van der Waals surface area contributed by atoms with Gasteiger partial charge in [0.1, 0.15) is 12.1 Å². The molecule has 1 aliphatic carbocycles. The highest BCUT2D eigenvalue weighted by Gasteiger charge is 2.30. The Kier molecular flexibility index (Phi) is 5.45. The van der Waals surface area contributed by atoms with Gasteiger partial charge in [0.15, 0.2) is 0 Å². The average Bonchev–Trinajstić information content (AvgIpc) is 3.52. The fourth-order valence-electron chi connectivity index (χ4n) is 3.69. The molecule has 1 N–H and O–H groups in total. The Balaban J connectivity index is 1.50. The van der Waals surface area contributed by atoms with E-state index in [0.717, 1.165) is 24.1 Å². The molecule has 0 spiro atoms. The minimum Gasteiger partial charge on any atom is -0.350 e. The van der Waals surface area contributed by atoms with E-state index in [4.69, 9.17) is 23.2 Å². The minimum atomic E-state index is -0.380. The van der Waals surface area contributed by atoms with E-state index < -0.39 is 0 Å². The summed E-state index contributed by atoms with van der Waals surface area (Å²) >= 11 is 12.3. The summed E-state index contributed by atoms with van der Waals surface area (Å²) in [5.41, 5.74) is 2.29. The first-order chi connectivity index (χ1) is 15.5. The van der Waals surface area contributed by atoms with Crippen LogP contribution in [0.25, 0.3) is 16.6 Å². The number of aromatic nitrogens is 4. The Morgan fingerprint density at radius 2 is 1.94 bits per heavy atom. The van der Waals surface area contributed by atoms with E-state index in [1.807, 2.05) is 24.3 Å². The first kappa shape index (κ1) is 20.7. The zero-order valence-corrected chi connectivity index (χ0v) is 18.5. The molecule has 2 aromatic heterocycles. The summed E-state index contributed by atoms with van der Waals surface area (Å²) in [4.78, 5) is 26.0. The van der Waals surface area contributed by atoms with Crippen LogP contribution in [0.15, 0.2) is 59.5 Å². The van der Waals surface area contributed by atoms with Gasteiger partial charge in [0.25, 0.3) is 5.56 Å². The lowest BCUT2D eigenvalue weighted by Crippen LogP contribution is -2.34. The van der Waals surface area contributed by atoms with Crippen LogP contribution in [0.2, 0.25) is 10.0 Å². The summed E-state index contributed by atoms with van der Waals surface area (Å²) in [6, 6.07) is 14.4. The number of halogens is 2. The van der Waals surface area contributed by atoms with E-state index >= 15 is 0 Å². The van der Waals surface area contributed by atoms with E-state index in [0.29, 0.717) is 26.6 Å². The standard InChI is InChI=1S/C23H19Cl2N5O2/c24-16-5-3-6-17(10-16)30-22-18(12-27-30)21(14-8-9-14)28-29(23(22)32)13-20(31)26-11-15-4-1-2-7-19(15)25/h1-7,10,12,14H,8-9,11,13H2,(H,26,31). The Bertz CT molecular complexity index is 1390. The fraction of sp³-hybridized carbons (Fsp3) is 0.217. The minimum absolute atomic E-state index is 0.195. The number of benzene rings is 2. The lowest BCUT2D eigenvalue weighted by molar-refractivity contribution is -0.122. The van der Waals surface area contributed by atoms with E-state index in [-0.39, 0.29) is 30.5 Å². The fourth-order valence-corrected chi connectivity index (χ4v) is 4.08. The first-order valence-corrected chi connectivity index (χ1v) is 11.0. The van der Waals surface area contributed by atoms with Crippen molar-refractivity contribution in [2.75, 3.05) is 0 Å². The molecule has 1 aliphatic rings. The van der Waals surface area contributed by atoms with Crippen LogP contribution in [0.5, 0.6) is 0 Å². The van der Waals surface area contributed by atoms with Crippen LogP contribution in [-0.4, -0.2) is 25.5 Å². The summed E-state index contributed by atoms with van der Waals surface area (Å²) < 4.78 is 2.79. The van der Waals surface area contributed by atoms with Crippen LogP contribution in [0.4, 0.5) is 0 Å². The number of hydrogen-bond donors (Lipinski definition) is 1. The second kappa shape index (κ2) is 8.41. The van der Waals surface area contributed by atoms with Gasteiger partial charge in [0, 0.05) is 27.9 Å². The number of nitrogens with one attached hydrogen (secondary N) is 1. The molecule has 32 heavy (non-hydrogen) atoms. The maximum atomic E-state index is 13.3. The molecule has 2 heterocycles. The number of carbonyl (C=O) groups excluding carboxylic acids is 1. The van der Waals surface area contributed by atoms with Crippen molar-refractivity contribution in [1.29, 1.82) is 0 Å². The third-order valence-electron chi connectivity index (χ3n) is 5.45. The first-order valence-electron chi connectivity index (χ1n) is 10.3. The monoisotopic (exact) mass is 467 g/mol. The molecule has 162 valence electrons. The summed E-state index contributed by atoms with van der Waals surface area (Å²) in [6.45, 7) is 0.0745. The third-order valence-corrected chi connectivity index (χ3v) is 6.06. The molecular weight excluding hydrogens is 449 g/mol. The lowest BCUT2D eigenvalue weighted by Gasteiger charge is -2.11. The molecule has 4 aromatic rings. The van der Waals surface area contributed by atoms with Crippen LogP contribution in [0.1, 0.15) is 30.0 Å². The molecule has 0 saturated heterocycles. The zero-order chi connectivity index (χ0) is 22.2. The zero-order valence-electron chi connectivity index (χ0n) is 17.0. The summed E-state index contributed by atoms with van der Waals surface area (Å²) in [5.74, 6) is -0.0537. The predicted octanol–water partition coefficient (Wildman–Crippen LogP) is 4.08. The van der Waals surface area contributed by atoms with E-state index in [1.54, 1.807) is 35.1 Å². The van der Waals surface area contributed by atoms with Gasteiger partial charge in [-0.1, -0.05) is 47.5 Å². The molecule has 0 unspecified atom stereocenters. The highest BCUT2D eigenvalue weighted by atomic mass is 35.5. The maximum absolute atomic E-state index is 13.3. The van der Waals surface area contributed by atoms with Gasteiger partial charge in [-0.05, 0) is 42.7 Å². The molecule has 7 nitrogen and oxygen atoms in total. The molecule has 9 heteroatoms. The van der Waals surface area contributed by atoms with Crippen LogP contribution in [0.3, 0.4) is 0 Å². The Hall–Kier alpha value is -3.16. The number of carbonyl (C=O) groups is 1. The molecule has 1 fully saturated rings. The SMILES string of the molecule is O=C(Cn1nc(C2CC2)c2cnn(-c3cccc(Cl)c3)c2c1=O)NCc1ccccc1Cl. The van der Waals surface area contributed by atoms with Gasteiger partial charge < -0.3 is 5.32 Å². The van der Waals surface area contributed by atoms with Gasteiger partial charge in [0.2, 0.25) is 5.91 Å². The van der Waals surface area contributed by atoms with Crippen molar-refractivity contribution in [2.45, 2.75) is 31.8 Å². The molecule has 0 atom stereocenters. The summed E-state index contributed by atoms with van der Waals surface area (Å²) in [5, 5.41) is 13.6. The van der Waals surface area contributed by atoms with Crippen LogP contribution in [-0.2, 0) is 17.9 Å². The van der Waals surface area contributed by atoms with Gasteiger partial charge >= 0.3 is 0 Å². The van der Waals surface area contributed by atoms with E-state index in [1.165, 1.54) is 4.68 Å². The predicted molar refractivity (Wildman–Crippen MR) is 123 cm³/mol. The van der Waals surface area contributed by atoms with Crippen LogP contribution < -0.4 is 10.9 Å². The van der Waals surface area contributed by atoms with Crippen molar-refractivity contribution in [3.05, 3.63) is 86.4 Å². The van der Waals surface area contributed by atoms with E-state index in [9.17, 15) is 9.59 Å². The molecule has 0 radical (unpaired) electrons. The third kappa shape index (κ3) is 4.01. The van der Waals surface area contributed by atoms with Crippen LogP contribution >= 0.6 is 23.2 Å². The van der Waals surface area contributed by atoms with Crippen molar-refractivity contribution in [2.24, 2.45) is 0 Å². The molecule has 0 aliphatic heterocycles. The van der Waals surface area contributed by atoms with Crippen molar-refractivity contribution >= 4 is 40.0 Å². The van der Waals surface area contributed by atoms with Gasteiger partial charge in [-0.2, -0.15) is 10.2 Å². The smallest absolute Gasteiger partial charge is 0.293 e. The lowest BCUT2D eigenvalue weighted by atomic mass is 10.2. The normalized spacial score (nSPS) is 13.4. The highest BCUT2D eigenvalue weighted by molar-refractivity contribution is 6.31. The summed E-state index contributed by atoms with van der Waals surface area (Å²) in [7, 11) is 0. The number of hydrogen-bond acceptors (Lipinski definition) is 4. The molecule has 2 aromatic carbocycles. The molecular formula is C23H19Cl2N5O2. The van der Waals surface area contributed by atoms with Crippen molar-refractivity contribution in [1.82, 2.24) is 24.9 Å². The van der Waals surface area contributed by atoms with Crippen molar-refractivity contribution < 1.29 is 4.79 Å². The number of amides is 1. The Labute approximate surface area is 193 Å². The number of rotatable bonds is 6.